The Balaban J connectivity index is 2.82. The third-order valence-corrected chi connectivity index (χ3v) is 2.92. The van der Waals surface area contributed by atoms with Crippen molar-refractivity contribution in [1.29, 1.82) is 0 Å². The molecule has 0 saturated carbocycles. The number of carbonyl (C=O) groups excluding carboxylic acids is 1. The Morgan fingerprint density at radius 1 is 1.26 bits per heavy atom. The Morgan fingerprint density at radius 3 is 2.32 bits per heavy atom. The van der Waals surface area contributed by atoms with Gasteiger partial charge in [-0.25, -0.2) is 0 Å². The highest BCUT2D eigenvalue weighted by molar-refractivity contribution is 5.82. The molecule has 19 heavy (non-hydrogen) atoms. The van der Waals surface area contributed by atoms with Crippen LogP contribution in [0.15, 0.2) is 30.3 Å². The molecule has 1 amide bonds. The number of benzene rings is 1. The van der Waals surface area contributed by atoms with Gasteiger partial charge in [-0.3, -0.25) is 9.59 Å². The summed E-state index contributed by atoms with van der Waals surface area (Å²) in [5.74, 6) is -1.29. The van der Waals surface area contributed by atoms with E-state index < -0.39 is 18.1 Å². The zero-order valence-corrected chi connectivity index (χ0v) is 11.2. The van der Waals surface area contributed by atoms with Crippen LogP contribution in [0.1, 0.15) is 31.9 Å². The van der Waals surface area contributed by atoms with Crippen molar-refractivity contribution < 1.29 is 14.7 Å². The van der Waals surface area contributed by atoms with Crippen molar-refractivity contribution >= 4 is 11.9 Å². The number of amides is 1. The van der Waals surface area contributed by atoms with Crippen molar-refractivity contribution in [3.63, 3.8) is 0 Å². The standard InChI is InChI=1S/C14H20N2O3/c1-9(2)13(15)14(19)16-11(8-12(17)18)10-6-4-3-5-7-10/h3-7,9,11,13H,8,15H2,1-2H3,(H,16,19)(H,17,18)/t11?,13-/m1/s1. The van der Waals surface area contributed by atoms with Crippen LogP contribution in [0.5, 0.6) is 0 Å². The van der Waals surface area contributed by atoms with Gasteiger partial charge in [0.05, 0.1) is 18.5 Å². The molecule has 0 aliphatic heterocycles. The number of rotatable bonds is 6. The van der Waals surface area contributed by atoms with E-state index in [0.29, 0.717) is 0 Å². The lowest BCUT2D eigenvalue weighted by atomic mass is 10.0. The Kier molecular flexibility index (Phi) is 5.51. The van der Waals surface area contributed by atoms with E-state index >= 15 is 0 Å². The summed E-state index contributed by atoms with van der Waals surface area (Å²) in [5.41, 5.74) is 6.52. The van der Waals surface area contributed by atoms with E-state index in [2.05, 4.69) is 5.32 Å². The molecule has 5 heteroatoms. The number of nitrogens with one attached hydrogen (secondary N) is 1. The molecule has 1 unspecified atom stereocenters. The summed E-state index contributed by atoms with van der Waals surface area (Å²) in [6.45, 7) is 3.69. The molecular weight excluding hydrogens is 244 g/mol. The second-order valence-corrected chi connectivity index (χ2v) is 4.84. The Labute approximate surface area is 112 Å². The molecule has 5 nitrogen and oxygen atoms in total. The highest BCUT2D eigenvalue weighted by Gasteiger charge is 2.23. The minimum absolute atomic E-state index is 0.00116. The van der Waals surface area contributed by atoms with E-state index in [9.17, 15) is 9.59 Å². The van der Waals surface area contributed by atoms with Crippen LogP contribution < -0.4 is 11.1 Å². The largest absolute Gasteiger partial charge is 0.481 e. The van der Waals surface area contributed by atoms with Crippen LogP contribution in [0.4, 0.5) is 0 Å². The lowest BCUT2D eigenvalue weighted by molar-refractivity contribution is -0.137. The van der Waals surface area contributed by atoms with Crippen molar-refractivity contribution in [3.05, 3.63) is 35.9 Å². The van der Waals surface area contributed by atoms with Crippen LogP contribution in [0.3, 0.4) is 0 Å². The van der Waals surface area contributed by atoms with Crippen LogP contribution >= 0.6 is 0 Å². The van der Waals surface area contributed by atoms with Gasteiger partial charge >= 0.3 is 5.97 Å². The first-order valence-corrected chi connectivity index (χ1v) is 6.24. The second-order valence-electron chi connectivity index (χ2n) is 4.84. The normalized spacial score (nSPS) is 13.9. The van der Waals surface area contributed by atoms with Crippen LogP contribution in [0.2, 0.25) is 0 Å². The maximum Gasteiger partial charge on any atom is 0.305 e. The maximum absolute atomic E-state index is 11.9. The number of hydrogen-bond acceptors (Lipinski definition) is 3. The lowest BCUT2D eigenvalue weighted by Crippen LogP contribution is -2.45. The zero-order valence-electron chi connectivity index (χ0n) is 11.2. The smallest absolute Gasteiger partial charge is 0.305 e. The molecule has 1 aromatic rings. The fourth-order valence-corrected chi connectivity index (χ4v) is 1.68. The molecule has 1 aromatic carbocycles. The molecule has 0 aliphatic rings. The molecule has 0 fully saturated rings. The summed E-state index contributed by atoms with van der Waals surface area (Å²) in [4.78, 5) is 22.8. The lowest BCUT2D eigenvalue weighted by Gasteiger charge is -2.21. The molecule has 4 N–H and O–H groups in total. The molecule has 0 bridgehead atoms. The second kappa shape index (κ2) is 6.89. The fourth-order valence-electron chi connectivity index (χ4n) is 1.68. The minimum Gasteiger partial charge on any atom is -0.481 e. The third-order valence-electron chi connectivity index (χ3n) is 2.92. The van der Waals surface area contributed by atoms with E-state index in [-0.39, 0.29) is 18.2 Å². The number of hydrogen-bond donors (Lipinski definition) is 3. The SMILES string of the molecule is CC(C)[C@@H](N)C(=O)NC(CC(=O)O)c1ccccc1. The molecule has 0 radical (unpaired) electrons. The Hall–Kier alpha value is -1.88. The highest BCUT2D eigenvalue weighted by Crippen LogP contribution is 2.17. The van der Waals surface area contributed by atoms with Crippen LogP contribution in [0, 0.1) is 5.92 Å². The summed E-state index contributed by atoms with van der Waals surface area (Å²) in [6.07, 6.45) is -0.166. The number of carboxylic acid groups (broad SMARTS) is 1. The van der Waals surface area contributed by atoms with Crippen LogP contribution in [-0.2, 0) is 9.59 Å². The van der Waals surface area contributed by atoms with Crippen LogP contribution in [-0.4, -0.2) is 23.0 Å². The van der Waals surface area contributed by atoms with Crippen molar-refractivity contribution in [2.75, 3.05) is 0 Å². The van der Waals surface area contributed by atoms with Gasteiger partial charge in [0.1, 0.15) is 0 Å². The van der Waals surface area contributed by atoms with Crippen molar-refractivity contribution in [2.45, 2.75) is 32.4 Å². The van der Waals surface area contributed by atoms with E-state index in [0.717, 1.165) is 5.56 Å². The number of nitrogens with two attached hydrogens (primary N) is 1. The maximum atomic E-state index is 11.9. The monoisotopic (exact) mass is 264 g/mol. The van der Waals surface area contributed by atoms with Crippen molar-refractivity contribution in [1.82, 2.24) is 5.32 Å². The predicted molar refractivity (Wildman–Crippen MR) is 72.4 cm³/mol. The summed E-state index contributed by atoms with van der Waals surface area (Å²) in [7, 11) is 0. The molecular formula is C14H20N2O3. The molecule has 0 aliphatic carbocycles. The third kappa shape index (κ3) is 4.71. The molecule has 0 aromatic heterocycles. The highest BCUT2D eigenvalue weighted by atomic mass is 16.4. The minimum atomic E-state index is -0.965. The average molecular weight is 264 g/mol. The topological polar surface area (TPSA) is 92.4 Å². The number of aliphatic carboxylic acids is 1. The van der Waals surface area contributed by atoms with Gasteiger partial charge in [0.25, 0.3) is 0 Å². The van der Waals surface area contributed by atoms with E-state index in [1.54, 1.807) is 24.3 Å². The summed E-state index contributed by atoms with van der Waals surface area (Å²) in [5, 5.41) is 11.6. The average Bonchev–Trinajstić information content (AvgIpc) is 2.37. The first-order chi connectivity index (χ1) is 8.91. The Bertz CT molecular complexity index is 432. The molecule has 0 spiro atoms. The molecule has 0 saturated heterocycles. The van der Waals surface area contributed by atoms with Crippen molar-refractivity contribution in [3.8, 4) is 0 Å². The van der Waals surface area contributed by atoms with Gasteiger partial charge in [0.15, 0.2) is 0 Å². The summed E-state index contributed by atoms with van der Waals surface area (Å²) >= 11 is 0. The van der Waals surface area contributed by atoms with Crippen LogP contribution in [0.25, 0.3) is 0 Å². The molecule has 104 valence electrons. The quantitative estimate of drug-likeness (QED) is 0.722. The summed E-state index contributed by atoms with van der Waals surface area (Å²) < 4.78 is 0. The fraction of sp³-hybridized carbons (Fsp3) is 0.429. The molecule has 0 heterocycles. The first-order valence-electron chi connectivity index (χ1n) is 6.24. The zero-order chi connectivity index (χ0) is 14.4. The molecule has 1 rings (SSSR count). The van der Waals surface area contributed by atoms with E-state index in [4.69, 9.17) is 10.8 Å². The van der Waals surface area contributed by atoms with Gasteiger partial charge in [0.2, 0.25) is 5.91 Å². The van der Waals surface area contributed by atoms with Gasteiger partial charge in [0, 0.05) is 0 Å². The summed E-state index contributed by atoms with van der Waals surface area (Å²) in [6, 6.07) is 7.82. The van der Waals surface area contributed by atoms with Gasteiger partial charge in [-0.2, -0.15) is 0 Å². The van der Waals surface area contributed by atoms with Gasteiger partial charge < -0.3 is 16.2 Å². The van der Waals surface area contributed by atoms with E-state index in [1.165, 1.54) is 0 Å². The van der Waals surface area contributed by atoms with E-state index in [1.807, 2.05) is 19.9 Å². The van der Waals surface area contributed by atoms with Gasteiger partial charge in [-0.05, 0) is 11.5 Å². The first kappa shape index (κ1) is 15.2. The predicted octanol–water partition coefficient (Wildman–Crippen LogP) is 1.30. The number of carboxylic acids is 1. The number of carbonyl (C=O) groups is 2. The molecule has 2 atom stereocenters. The van der Waals surface area contributed by atoms with Gasteiger partial charge in [-0.15, -0.1) is 0 Å². The Morgan fingerprint density at radius 2 is 1.84 bits per heavy atom. The van der Waals surface area contributed by atoms with Crippen molar-refractivity contribution in [2.24, 2.45) is 11.7 Å². The van der Waals surface area contributed by atoms with Gasteiger partial charge in [-0.1, -0.05) is 44.2 Å².